The molecule has 1 heterocycles. The second-order valence-electron chi connectivity index (χ2n) is 4.03. The lowest BCUT2D eigenvalue weighted by Gasteiger charge is -2.04. The van der Waals surface area contributed by atoms with Gasteiger partial charge in [-0.3, -0.25) is 0 Å². The molecule has 0 atom stereocenters. The zero-order valence-corrected chi connectivity index (χ0v) is 10.1. The average molecular weight is 245 g/mol. The standard InChI is InChI=1S/C14H16FN3/c1-2-18-11-12(10-17-18)9-16-8-7-13-5-3-4-6-14(13)15/h2-6,10-11,16H,1,7-9H2. The van der Waals surface area contributed by atoms with E-state index in [9.17, 15) is 4.39 Å². The number of aromatic nitrogens is 2. The Bertz CT molecular complexity index is 519. The molecule has 0 spiro atoms. The number of hydrogen-bond acceptors (Lipinski definition) is 2. The van der Waals surface area contributed by atoms with Crippen LogP contribution >= 0.6 is 0 Å². The number of nitrogens with zero attached hydrogens (tertiary/aromatic N) is 2. The highest BCUT2D eigenvalue weighted by Crippen LogP contribution is 2.06. The summed E-state index contributed by atoms with van der Waals surface area (Å²) in [6.07, 6.45) is 6.02. The summed E-state index contributed by atoms with van der Waals surface area (Å²) in [4.78, 5) is 0. The van der Waals surface area contributed by atoms with Gasteiger partial charge in [-0.1, -0.05) is 24.8 Å². The van der Waals surface area contributed by atoms with Crippen molar-refractivity contribution in [2.75, 3.05) is 6.54 Å². The third kappa shape index (κ3) is 3.28. The fourth-order valence-corrected chi connectivity index (χ4v) is 1.73. The molecule has 0 fully saturated rings. The molecular weight excluding hydrogens is 229 g/mol. The van der Waals surface area contributed by atoms with E-state index in [4.69, 9.17) is 0 Å². The van der Waals surface area contributed by atoms with Gasteiger partial charge in [0, 0.05) is 24.5 Å². The minimum absolute atomic E-state index is 0.140. The van der Waals surface area contributed by atoms with Crippen LogP contribution < -0.4 is 5.32 Å². The van der Waals surface area contributed by atoms with Crippen LogP contribution in [0.1, 0.15) is 11.1 Å². The van der Waals surface area contributed by atoms with Gasteiger partial charge >= 0.3 is 0 Å². The van der Waals surface area contributed by atoms with E-state index >= 15 is 0 Å². The van der Waals surface area contributed by atoms with E-state index in [1.807, 2.05) is 18.3 Å². The van der Waals surface area contributed by atoms with Crippen molar-refractivity contribution in [1.82, 2.24) is 15.1 Å². The van der Waals surface area contributed by atoms with Crippen LogP contribution in [0.25, 0.3) is 6.20 Å². The second-order valence-corrected chi connectivity index (χ2v) is 4.03. The zero-order valence-electron chi connectivity index (χ0n) is 10.1. The van der Waals surface area contributed by atoms with Crippen LogP contribution in [0.2, 0.25) is 0 Å². The van der Waals surface area contributed by atoms with E-state index in [1.165, 1.54) is 6.07 Å². The molecule has 0 aliphatic carbocycles. The molecule has 94 valence electrons. The Morgan fingerprint density at radius 3 is 2.94 bits per heavy atom. The average Bonchev–Trinajstić information content (AvgIpc) is 2.84. The lowest BCUT2D eigenvalue weighted by molar-refractivity contribution is 0.598. The summed E-state index contributed by atoms with van der Waals surface area (Å²) in [6.45, 7) is 5.09. The van der Waals surface area contributed by atoms with Crippen molar-refractivity contribution < 1.29 is 4.39 Å². The first-order valence-electron chi connectivity index (χ1n) is 5.89. The summed E-state index contributed by atoms with van der Waals surface area (Å²) in [5.74, 6) is -0.140. The summed E-state index contributed by atoms with van der Waals surface area (Å²) in [7, 11) is 0. The SMILES string of the molecule is C=Cn1cc(CNCCc2ccccc2F)cn1. The molecule has 4 heteroatoms. The normalized spacial score (nSPS) is 10.5. The monoisotopic (exact) mass is 245 g/mol. The predicted octanol–water partition coefficient (Wildman–Crippen LogP) is 2.46. The quantitative estimate of drug-likeness (QED) is 0.792. The highest BCUT2D eigenvalue weighted by Gasteiger charge is 2.00. The molecule has 1 N–H and O–H groups in total. The van der Waals surface area contributed by atoms with Crippen molar-refractivity contribution in [1.29, 1.82) is 0 Å². The number of halogens is 1. The molecule has 0 unspecified atom stereocenters. The highest BCUT2D eigenvalue weighted by atomic mass is 19.1. The Kier molecular flexibility index (Phi) is 4.25. The zero-order chi connectivity index (χ0) is 12.8. The lowest BCUT2D eigenvalue weighted by atomic mass is 10.1. The topological polar surface area (TPSA) is 29.9 Å². The summed E-state index contributed by atoms with van der Waals surface area (Å²) in [6, 6.07) is 6.86. The Morgan fingerprint density at radius 1 is 1.39 bits per heavy atom. The third-order valence-electron chi connectivity index (χ3n) is 2.70. The van der Waals surface area contributed by atoms with Gasteiger partial charge in [-0.15, -0.1) is 0 Å². The summed E-state index contributed by atoms with van der Waals surface area (Å²) in [5.41, 5.74) is 1.83. The van der Waals surface area contributed by atoms with Crippen molar-refractivity contribution in [2.45, 2.75) is 13.0 Å². The molecule has 1 aromatic heterocycles. The minimum Gasteiger partial charge on any atom is -0.312 e. The van der Waals surface area contributed by atoms with Gasteiger partial charge in [0.2, 0.25) is 0 Å². The van der Waals surface area contributed by atoms with Gasteiger partial charge in [0.25, 0.3) is 0 Å². The minimum atomic E-state index is -0.140. The molecule has 2 aromatic rings. The van der Waals surface area contributed by atoms with E-state index in [0.717, 1.165) is 24.2 Å². The molecule has 0 aliphatic rings. The number of rotatable bonds is 6. The van der Waals surface area contributed by atoms with Crippen molar-refractivity contribution in [2.24, 2.45) is 0 Å². The van der Waals surface area contributed by atoms with E-state index in [1.54, 1.807) is 23.1 Å². The largest absolute Gasteiger partial charge is 0.312 e. The van der Waals surface area contributed by atoms with Gasteiger partial charge in [0.15, 0.2) is 0 Å². The Labute approximate surface area is 106 Å². The van der Waals surface area contributed by atoms with Crippen LogP contribution in [0.4, 0.5) is 4.39 Å². The maximum atomic E-state index is 13.3. The van der Waals surface area contributed by atoms with E-state index in [2.05, 4.69) is 17.0 Å². The van der Waals surface area contributed by atoms with Gasteiger partial charge in [0.05, 0.1) is 6.20 Å². The molecule has 0 aliphatic heterocycles. The molecule has 0 bridgehead atoms. The molecule has 0 saturated heterocycles. The molecule has 0 saturated carbocycles. The fourth-order valence-electron chi connectivity index (χ4n) is 1.73. The van der Waals surface area contributed by atoms with Crippen molar-refractivity contribution >= 4 is 6.20 Å². The molecule has 0 amide bonds. The first-order valence-corrected chi connectivity index (χ1v) is 5.89. The molecule has 3 nitrogen and oxygen atoms in total. The molecule has 1 aromatic carbocycles. The molecular formula is C14H16FN3. The first-order chi connectivity index (χ1) is 8.79. The van der Waals surface area contributed by atoms with Gasteiger partial charge < -0.3 is 5.32 Å². The van der Waals surface area contributed by atoms with E-state index in [0.29, 0.717) is 6.42 Å². The first kappa shape index (κ1) is 12.5. The summed E-state index contributed by atoms with van der Waals surface area (Å²) in [5, 5.41) is 7.34. The van der Waals surface area contributed by atoms with Crippen LogP contribution in [0.3, 0.4) is 0 Å². The third-order valence-corrected chi connectivity index (χ3v) is 2.70. The van der Waals surface area contributed by atoms with Crippen LogP contribution in [0.5, 0.6) is 0 Å². The lowest BCUT2D eigenvalue weighted by Crippen LogP contribution is -2.16. The van der Waals surface area contributed by atoms with Gasteiger partial charge in [-0.25, -0.2) is 9.07 Å². The molecule has 0 radical (unpaired) electrons. The number of hydrogen-bond donors (Lipinski definition) is 1. The Hall–Kier alpha value is -1.94. The smallest absolute Gasteiger partial charge is 0.126 e. The summed E-state index contributed by atoms with van der Waals surface area (Å²) >= 11 is 0. The van der Waals surface area contributed by atoms with Crippen LogP contribution in [-0.2, 0) is 13.0 Å². The number of benzene rings is 1. The van der Waals surface area contributed by atoms with Crippen molar-refractivity contribution in [3.8, 4) is 0 Å². The van der Waals surface area contributed by atoms with Crippen LogP contribution in [0.15, 0.2) is 43.2 Å². The van der Waals surface area contributed by atoms with Gasteiger partial charge in [0.1, 0.15) is 5.82 Å². The maximum absolute atomic E-state index is 13.3. The van der Waals surface area contributed by atoms with Crippen molar-refractivity contribution in [3.63, 3.8) is 0 Å². The Morgan fingerprint density at radius 2 is 2.22 bits per heavy atom. The predicted molar refractivity (Wildman–Crippen MR) is 70.4 cm³/mol. The van der Waals surface area contributed by atoms with Gasteiger partial charge in [-0.05, 0) is 24.6 Å². The summed E-state index contributed by atoms with van der Waals surface area (Å²) < 4.78 is 15.0. The Balaban J connectivity index is 1.76. The highest BCUT2D eigenvalue weighted by molar-refractivity contribution is 5.18. The molecule has 18 heavy (non-hydrogen) atoms. The fraction of sp³-hybridized carbons (Fsp3) is 0.214. The van der Waals surface area contributed by atoms with Crippen LogP contribution in [0, 0.1) is 5.82 Å². The van der Waals surface area contributed by atoms with Gasteiger partial charge in [-0.2, -0.15) is 5.10 Å². The maximum Gasteiger partial charge on any atom is 0.126 e. The second kappa shape index (κ2) is 6.12. The number of nitrogens with one attached hydrogen (secondary N) is 1. The van der Waals surface area contributed by atoms with Crippen LogP contribution in [-0.4, -0.2) is 16.3 Å². The van der Waals surface area contributed by atoms with Crippen molar-refractivity contribution in [3.05, 3.63) is 60.2 Å². The van der Waals surface area contributed by atoms with E-state index < -0.39 is 0 Å². The van der Waals surface area contributed by atoms with E-state index in [-0.39, 0.29) is 5.82 Å². The molecule has 2 rings (SSSR count).